The van der Waals surface area contributed by atoms with Crippen molar-refractivity contribution < 1.29 is 5.11 Å². The smallest absolute Gasteiger partial charge is 0.111 e. The van der Waals surface area contributed by atoms with Gasteiger partial charge in [0.25, 0.3) is 0 Å². The van der Waals surface area contributed by atoms with Gasteiger partial charge in [0.15, 0.2) is 0 Å². The summed E-state index contributed by atoms with van der Waals surface area (Å²) in [7, 11) is 0. The fraction of sp³-hybridized carbons (Fsp3) is 0.667. The van der Waals surface area contributed by atoms with E-state index < -0.39 is 0 Å². The van der Waals surface area contributed by atoms with E-state index in [0.29, 0.717) is 11.7 Å². The maximum Gasteiger partial charge on any atom is 0.111 e. The second-order valence-electron chi connectivity index (χ2n) is 3.83. The van der Waals surface area contributed by atoms with Crippen LogP contribution in [0, 0.1) is 5.92 Å². The number of hydrogen-bond acceptors (Lipinski definition) is 1. The quantitative estimate of drug-likeness (QED) is 0.634. The van der Waals surface area contributed by atoms with Crippen molar-refractivity contribution in [3.63, 3.8) is 0 Å². The van der Waals surface area contributed by atoms with Gasteiger partial charge in [-0.25, -0.2) is 0 Å². The molecule has 0 fully saturated rings. The summed E-state index contributed by atoms with van der Waals surface area (Å²) in [6.07, 6.45) is 13.5. The molecular formula is C12H20O. The molecule has 1 aliphatic carbocycles. The number of unbranched alkanes of at least 4 members (excludes halogenated alkanes) is 3. The van der Waals surface area contributed by atoms with Crippen molar-refractivity contribution in [3.05, 3.63) is 24.0 Å². The first-order valence-electron chi connectivity index (χ1n) is 5.40. The van der Waals surface area contributed by atoms with Crippen LogP contribution in [0.15, 0.2) is 24.0 Å². The minimum absolute atomic E-state index is 0.435. The van der Waals surface area contributed by atoms with Gasteiger partial charge in [0, 0.05) is 0 Å². The average Bonchev–Trinajstić information content (AvgIpc) is 2.15. The lowest BCUT2D eigenvalue weighted by molar-refractivity contribution is 0.416. The van der Waals surface area contributed by atoms with Gasteiger partial charge in [0.05, 0.1) is 0 Å². The zero-order valence-electron chi connectivity index (χ0n) is 8.50. The van der Waals surface area contributed by atoms with Crippen LogP contribution in [-0.4, -0.2) is 5.11 Å². The van der Waals surface area contributed by atoms with E-state index in [2.05, 4.69) is 13.0 Å². The molecule has 0 aromatic heterocycles. The Morgan fingerprint density at radius 1 is 1.38 bits per heavy atom. The first-order chi connectivity index (χ1) is 6.33. The molecule has 0 bridgehead atoms. The van der Waals surface area contributed by atoms with Gasteiger partial charge in [-0.1, -0.05) is 38.7 Å². The fourth-order valence-electron chi connectivity index (χ4n) is 1.70. The molecule has 0 aromatic carbocycles. The summed E-state index contributed by atoms with van der Waals surface area (Å²) in [5.41, 5.74) is 0. The van der Waals surface area contributed by atoms with E-state index in [0.717, 1.165) is 6.42 Å². The first kappa shape index (κ1) is 10.4. The highest BCUT2D eigenvalue weighted by Crippen LogP contribution is 2.20. The molecule has 13 heavy (non-hydrogen) atoms. The minimum atomic E-state index is 0.435. The van der Waals surface area contributed by atoms with Gasteiger partial charge in [0.1, 0.15) is 5.76 Å². The first-order valence-corrected chi connectivity index (χ1v) is 5.40. The van der Waals surface area contributed by atoms with Crippen molar-refractivity contribution in [2.45, 2.75) is 45.4 Å². The maximum absolute atomic E-state index is 9.11. The predicted molar refractivity (Wildman–Crippen MR) is 56.7 cm³/mol. The molecule has 0 heterocycles. The molecule has 1 heteroatoms. The monoisotopic (exact) mass is 180 g/mol. The highest BCUT2D eigenvalue weighted by atomic mass is 16.3. The fourth-order valence-corrected chi connectivity index (χ4v) is 1.70. The second kappa shape index (κ2) is 5.85. The Kier molecular flexibility index (Phi) is 4.66. The Bertz CT molecular complexity index is 191. The molecule has 0 aliphatic heterocycles. The molecule has 0 spiro atoms. The van der Waals surface area contributed by atoms with Crippen LogP contribution >= 0.6 is 0 Å². The van der Waals surface area contributed by atoms with Crippen LogP contribution < -0.4 is 0 Å². The van der Waals surface area contributed by atoms with Crippen molar-refractivity contribution in [1.82, 2.24) is 0 Å². The van der Waals surface area contributed by atoms with Crippen LogP contribution in [-0.2, 0) is 0 Å². The third-order valence-corrected chi connectivity index (χ3v) is 2.60. The van der Waals surface area contributed by atoms with E-state index in [-0.39, 0.29) is 0 Å². The molecule has 0 aromatic rings. The Morgan fingerprint density at radius 2 is 2.23 bits per heavy atom. The molecule has 1 nitrogen and oxygen atoms in total. The number of rotatable bonds is 5. The van der Waals surface area contributed by atoms with Crippen LogP contribution in [0.2, 0.25) is 0 Å². The van der Waals surface area contributed by atoms with Gasteiger partial charge in [-0.3, -0.25) is 0 Å². The lowest BCUT2D eigenvalue weighted by atomic mass is 9.94. The normalized spacial score (nSPS) is 21.6. The molecule has 1 aliphatic rings. The van der Waals surface area contributed by atoms with E-state index in [1.54, 1.807) is 0 Å². The summed E-state index contributed by atoms with van der Waals surface area (Å²) < 4.78 is 0. The van der Waals surface area contributed by atoms with Crippen LogP contribution in [0.1, 0.15) is 45.4 Å². The van der Waals surface area contributed by atoms with Gasteiger partial charge >= 0.3 is 0 Å². The molecule has 1 atom stereocenters. The number of allylic oxidation sites excluding steroid dienone is 3. The summed E-state index contributed by atoms with van der Waals surface area (Å²) in [4.78, 5) is 0. The molecule has 0 amide bonds. The molecule has 0 saturated heterocycles. The topological polar surface area (TPSA) is 20.2 Å². The van der Waals surface area contributed by atoms with E-state index in [4.69, 9.17) is 5.11 Å². The number of hydrogen-bond donors (Lipinski definition) is 1. The van der Waals surface area contributed by atoms with Gasteiger partial charge in [-0.2, -0.15) is 0 Å². The summed E-state index contributed by atoms with van der Waals surface area (Å²) in [6.45, 7) is 2.24. The lowest BCUT2D eigenvalue weighted by Gasteiger charge is -2.13. The van der Waals surface area contributed by atoms with Crippen molar-refractivity contribution in [1.29, 1.82) is 0 Å². The van der Waals surface area contributed by atoms with Crippen LogP contribution in [0.25, 0.3) is 0 Å². The van der Waals surface area contributed by atoms with Crippen molar-refractivity contribution in [2.24, 2.45) is 5.92 Å². The summed E-state index contributed by atoms with van der Waals surface area (Å²) >= 11 is 0. The average molecular weight is 180 g/mol. The van der Waals surface area contributed by atoms with Gasteiger partial charge in [0.2, 0.25) is 0 Å². The second-order valence-corrected chi connectivity index (χ2v) is 3.83. The minimum Gasteiger partial charge on any atom is -0.508 e. The van der Waals surface area contributed by atoms with E-state index in [9.17, 15) is 0 Å². The zero-order chi connectivity index (χ0) is 9.52. The Hall–Kier alpha value is -0.720. The maximum atomic E-state index is 9.11. The molecule has 0 radical (unpaired) electrons. The van der Waals surface area contributed by atoms with Gasteiger partial charge < -0.3 is 5.11 Å². The largest absolute Gasteiger partial charge is 0.508 e. The van der Waals surface area contributed by atoms with E-state index >= 15 is 0 Å². The Morgan fingerprint density at radius 3 is 2.85 bits per heavy atom. The van der Waals surface area contributed by atoms with Gasteiger partial charge in [-0.05, 0) is 30.9 Å². The Labute approximate surface area is 81.2 Å². The summed E-state index contributed by atoms with van der Waals surface area (Å²) in [5.74, 6) is 1.11. The van der Waals surface area contributed by atoms with Gasteiger partial charge in [-0.15, -0.1) is 0 Å². The molecule has 1 rings (SSSR count). The summed E-state index contributed by atoms with van der Waals surface area (Å²) in [6, 6.07) is 0. The van der Waals surface area contributed by atoms with Crippen LogP contribution in [0.4, 0.5) is 0 Å². The van der Waals surface area contributed by atoms with Crippen molar-refractivity contribution in [3.8, 4) is 0 Å². The van der Waals surface area contributed by atoms with Crippen molar-refractivity contribution >= 4 is 0 Å². The number of aliphatic hydroxyl groups is 1. The van der Waals surface area contributed by atoms with Crippen LogP contribution in [0.3, 0.4) is 0 Å². The highest BCUT2D eigenvalue weighted by molar-refractivity contribution is 5.16. The summed E-state index contributed by atoms with van der Waals surface area (Å²) in [5, 5.41) is 9.11. The molecule has 1 unspecified atom stereocenters. The SMILES string of the molecule is CCCCCCC1C=CC(O)=CC1. The standard InChI is InChI=1S/C12H20O/c1-2-3-4-5-6-11-7-9-12(13)10-8-11/h7,9-11,13H,2-6,8H2,1H3. The van der Waals surface area contributed by atoms with Crippen molar-refractivity contribution in [2.75, 3.05) is 0 Å². The Balaban J connectivity index is 2.07. The predicted octanol–water partition coefficient (Wildman–Crippen LogP) is 3.97. The van der Waals surface area contributed by atoms with E-state index in [1.165, 1.54) is 32.1 Å². The molecular weight excluding hydrogens is 160 g/mol. The third kappa shape index (κ3) is 4.16. The lowest BCUT2D eigenvalue weighted by Crippen LogP contribution is -1.99. The van der Waals surface area contributed by atoms with E-state index in [1.807, 2.05) is 12.2 Å². The zero-order valence-corrected chi connectivity index (χ0v) is 8.50. The molecule has 0 saturated carbocycles. The third-order valence-electron chi connectivity index (χ3n) is 2.60. The highest BCUT2D eigenvalue weighted by Gasteiger charge is 2.07. The molecule has 1 N–H and O–H groups in total. The molecule has 74 valence electrons. The van der Waals surface area contributed by atoms with Crippen LogP contribution in [0.5, 0.6) is 0 Å². The number of aliphatic hydroxyl groups excluding tert-OH is 1.